The zero-order valence-corrected chi connectivity index (χ0v) is 10.9. The van der Waals surface area contributed by atoms with Crippen LogP contribution in [-0.4, -0.2) is 20.9 Å². The molecule has 0 radical (unpaired) electrons. The van der Waals surface area contributed by atoms with Gasteiger partial charge in [-0.05, 0) is 43.0 Å². The van der Waals surface area contributed by atoms with Crippen molar-refractivity contribution in [2.75, 3.05) is 10.6 Å². The number of anilines is 2. The van der Waals surface area contributed by atoms with Crippen molar-refractivity contribution in [1.29, 1.82) is 0 Å². The molecule has 104 valence electrons. The van der Waals surface area contributed by atoms with E-state index in [2.05, 4.69) is 15.7 Å². The zero-order valence-electron chi connectivity index (χ0n) is 10.9. The van der Waals surface area contributed by atoms with Crippen LogP contribution in [0.15, 0.2) is 36.5 Å². The molecule has 1 fully saturated rings. The standard InChI is InChI=1S/C14H16N4O2/c19-12-5-3-11(4-6-12)16-14(20)17-13-7-8-15-18(13)9-10-1-2-10/h3-8,10,19H,1-2,9H2,(H2,16,17,20). The minimum Gasteiger partial charge on any atom is -0.508 e. The number of amides is 2. The molecule has 0 bridgehead atoms. The van der Waals surface area contributed by atoms with Crippen LogP contribution in [0.3, 0.4) is 0 Å². The van der Waals surface area contributed by atoms with E-state index in [1.54, 1.807) is 24.4 Å². The van der Waals surface area contributed by atoms with Gasteiger partial charge in [0.25, 0.3) is 0 Å². The van der Waals surface area contributed by atoms with Gasteiger partial charge in [0.2, 0.25) is 0 Å². The maximum atomic E-state index is 11.9. The number of hydrogen-bond donors (Lipinski definition) is 3. The lowest BCUT2D eigenvalue weighted by Crippen LogP contribution is -2.21. The topological polar surface area (TPSA) is 79.2 Å². The zero-order chi connectivity index (χ0) is 13.9. The summed E-state index contributed by atoms with van der Waals surface area (Å²) in [5.41, 5.74) is 0.619. The fraction of sp³-hybridized carbons (Fsp3) is 0.286. The number of carbonyl (C=O) groups excluding carboxylic acids is 1. The van der Waals surface area contributed by atoms with Crippen molar-refractivity contribution in [2.24, 2.45) is 5.92 Å². The molecule has 1 aromatic heterocycles. The Morgan fingerprint density at radius 2 is 2.00 bits per heavy atom. The van der Waals surface area contributed by atoms with Crippen molar-refractivity contribution in [2.45, 2.75) is 19.4 Å². The Morgan fingerprint density at radius 3 is 2.70 bits per heavy atom. The minimum absolute atomic E-state index is 0.165. The maximum Gasteiger partial charge on any atom is 0.324 e. The number of benzene rings is 1. The van der Waals surface area contributed by atoms with Crippen molar-refractivity contribution in [3.8, 4) is 5.75 Å². The highest BCUT2D eigenvalue weighted by molar-refractivity contribution is 5.99. The molecule has 1 saturated carbocycles. The normalized spacial score (nSPS) is 14.0. The van der Waals surface area contributed by atoms with E-state index in [0.717, 1.165) is 6.54 Å². The summed E-state index contributed by atoms with van der Waals surface area (Å²) < 4.78 is 1.81. The van der Waals surface area contributed by atoms with Crippen LogP contribution in [0.2, 0.25) is 0 Å². The Hall–Kier alpha value is -2.50. The van der Waals surface area contributed by atoms with Crippen LogP contribution in [-0.2, 0) is 6.54 Å². The van der Waals surface area contributed by atoms with Gasteiger partial charge >= 0.3 is 6.03 Å². The van der Waals surface area contributed by atoms with E-state index in [-0.39, 0.29) is 11.8 Å². The van der Waals surface area contributed by atoms with Crippen molar-refractivity contribution < 1.29 is 9.90 Å². The van der Waals surface area contributed by atoms with Crippen molar-refractivity contribution in [1.82, 2.24) is 9.78 Å². The lowest BCUT2D eigenvalue weighted by Gasteiger charge is -2.09. The first-order valence-electron chi connectivity index (χ1n) is 6.59. The minimum atomic E-state index is -0.326. The first-order chi connectivity index (χ1) is 9.70. The van der Waals surface area contributed by atoms with E-state index in [9.17, 15) is 9.90 Å². The Morgan fingerprint density at radius 1 is 1.25 bits per heavy atom. The monoisotopic (exact) mass is 272 g/mol. The number of hydrogen-bond acceptors (Lipinski definition) is 3. The molecule has 0 saturated heterocycles. The van der Waals surface area contributed by atoms with Crippen LogP contribution in [0.4, 0.5) is 16.3 Å². The molecular weight excluding hydrogens is 256 g/mol. The van der Waals surface area contributed by atoms with E-state index in [0.29, 0.717) is 17.4 Å². The first kappa shape index (κ1) is 12.5. The van der Waals surface area contributed by atoms with Crippen LogP contribution >= 0.6 is 0 Å². The molecule has 0 aliphatic heterocycles. The van der Waals surface area contributed by atoms with Gasteiger partial charge in [0.1, 0.15) is 11.6 Å². The summed E-state index contributed by atoms with van der Waals surface area (Å²) in [7, 11) is 0. The van der Waals surface area contributed by atoms with Crippen LogP contribution in [0.5, 0.6) is 5.75 Å². The summed E-state index contributed by atoms with van der Waals surface area (Å²) in [5.74, 6) is 1.54. The van der Waals surface area contributed by atoms with Gasteiger partial charge in [-0.3, -0.25) is 5.32 Å². The third-order valence-corrected chi connectivity index (χ3v) is 3.21. The Balaban J connectivity index is 1.60. The highest BCUT2D eigenvalue weighted by atomic mass is 16.3. The van der Waals surface area contributed by atoms with Gasteiger partial charge in [0, 0.05) is 18.3 Å². The third kappa shape index (κ3) is 3.09. The lowest BCUT2D eigenvalue weighted by atomic mass is 10.3. The average Bonchev–Trinajstić information content (AvgIpc) is 3.13. The van der Waals surface area contributed by atoms with Gasteiger partial charge in [-0.2, -0.15) is 5.10 Å². The Labute approximate surface area is 116 Å². The number of carbonyl (C=O) groups is 1. The van der Waals surface area contributed by atoms with Gasteiger partial charge in [-0.25, -0.2) is 9.48 Å². The van der Waals surface area contributed by atoms with E-state index >= 15 is 0 Å². The molecule has 3 rings (SSSR count). The van der Waals surface area contributed by atoms with Gasteiger partial charge < -0.3 is 10.4 Å². The maximum absolute atomic E-state index is 11.9. The molecule has 2 aromatic rings. The number of nitrogens with one attached hydrogen (secondary N) is 2. The molecular formula is C14H16N4O2. The lowest BCUT2D eigenvalue weighted by molar-refractivity contribution is 0.262. The summed E-state index contributed by atoms with van der Waals surface area (Å²) in [6, 6.07) is 7.76. The Bertz CT molecular complexity index is 602. The van der Waals surface area contributed by atoms with E-state index < -0.39 is 0 Å². The third-order valence-electron chi connectivity index (χ3n) is 3.21. The second-order valence-electron chi connectivity index (χ2n) is 4.97. The fourth-order valence-electron chi connectivity index (χ4n) is 1.95. The molecule has 1 aromatic carbocycles. The largest absolute Gasteiger partial charge is 0.508 e. The second-order valence-corrected chi connectivity index (χ2v) is 4.97. The predicted molar refractivity (Wildman–Crippen MR) is 75.7 cm³/mol. The molecule has 0 spiro atoms. The quantitative estimate of drug-likeness (QED) is 0.749. The molecule has 2 amide bonds. The highest BCUT2D eigenvalue weighted by Crippen LogP contribution is 2.31. The summed E-state index contributed by atoms with van der Waals surface area (Å²) >= 11 is 0. The van der Waals surface area contributed by atoms with E-state index in [1.807, 2.05) is 4.68 Å². The number of rotatable bonds is 4. The SMILES string of the molecule is O=C(Nc1ccc(O)cc1)Nc1ccnn1CC1CC1. The van der Waals surface area contributed by atoms with Gasteiger partial charge in [0.15, 0.2) is 0 Å². The van der Waals surface area contributed by atoms with Crippen molar-refractivity contribution in [3.05, 3.63) is 36.5 Å². The number of phenolic OH excluding ortho intramolecular Hbond substituents is 1. The van der Waals surface area contributed by atoms with Crippen LogP contribution in [0.1, 0.15) is 12.8 Å². The number of aromatic nitrogens is 2. The fourth-order valence-corrected chi connectivity index (χ4v) is 1.95. The predicted octanol–water partition coefficient (Wildman–Crippen LogP) is 2.64. The van der Waals surface area contributed by atoms with E-state index in [1.165, 1.54) is 25.0 Å². The molecule has 6 nitrogen and oxygen atoms in total. The molecule has 6 heteroatoms. The van der Waals surface area contributed by atoms with E-state index in [4.69, 9.17) is 0 Å². The van der Waals surface area contributed by atoms with Crippen LogP contribution in [0.25, 0.3) is 0 Å². The van der Waals surface area contributed by atoms with Crippen molar-refractivity contribution in [3.63, 3.8) is 0 Å². The molecule has 1 aliphatic carbocycles. The number of aromatic hydroxyl groups is 1. The molecule has 20 heavy (non-hydrogen) atoms. The summed E-state index contributed by atoms with van der Waals surface area (Å²) in [6.45, 7) is 0.849. The molecule has 0 atom stereocenters. The first-order valence-corrected chi connectivity index (χ1v) is 6.59. The Kier molecular flexibility index (Phi) is 3.28. The molecule has 3 N–H and O–H groups in total. The van der Waals surface area contributed by atoms with Crippen molar-refractivity contribution >= 4 is 17.5 Å². The second kappa shape index (κ2) is 5.24. The van der Waals surface area contributed by atoms with Gasteiger partial charge in [-0.15, -0.1) is 0 Å². The van der Waals surface area contributed by atoms with Crippen LogP contribution in [0, 0.1) is 5.92 Å². The highest BCUT2D eigenvalue weighted by Gasteiger charge is 2.23. The molecule has 0 unspecified atom stereocenters. The average molecular weight is 272 g/mol. The number of phenols is 1. The smallest absolute Gasteiger partial charge is 0.324 e. The summed E-state index contributed by atoms with van der Waals surface area (Å²) in [5, 5.41) is 18.9. The summed E-state index contributed by atoms with van der Waals surface area (Å²) in [6.07, 6.45) is 4.15. The molecule has 1 heterocycles. The van der Waals surface area contributed by atoms with Gasteiger partial charge in [0.05, 0.1) is 6.20 Å². The summed E-state index contributed by atoms with van der Waals surface area (Å²) in [4.78, 5) is 11.9. The molecule has 1 aliphatic rings. The number of urea groups is 1. The van der Waals surface area contributed by atoms with Crippen LogP contribution < -0.4 is 10.6 Å². The number of nitrogens with zero attached hydrogens (tertiary/aromatic N) is 2. The van der Waals surface area contributed by atoms with Gasteiger partial charge in [-0.1, -0.05) is 0 Å².